The minimum absolute atomic E-state index is 0.792. The molecule has 0 saturated heterocycles. The van der Waals surface area contributed by atoms with Crippen molar-refractivity contribution < 1.29 is 0 Å². The largest absolute Gasteiger partial charge is 0.347 e. The number of aliphatic imine (C=N–C) groups is 2. The number of anilines is 2. The number of nitrogens with one attached hydrogen (secondary N) is 2. The first-order valence-electron chi connectivity index (χ1n) is 5.46. The van der Waals surface area contributed by atoms with Crippen LogP contribution in [0.3, 0.4) is 0 Å². The zero-order valence-electron chi connectivity index (χ0n) is 9.77. The molecule has 0 unspecified atom stereocenters. The van der Waals surface area contributed by atoms with Crippen LogP contribution in [0.4, 0.5) is 11.4 Å². The normalized spacial score (nSPS) is 11.1. The van der Waals surface area contributed by atoms with Gasteiger partial charge in [-0.2, -0.15) is 0 Å². The van der Waals surface area contributed by atoms with Gasteiger partial charge in [0.2, 0.25) is 0 Å². The van der Waals surface area contributed by atoms with Crippen LogP contribution >= 0.6 is 0 Å². The van der Waals surface area contributed by atoms with Crippen molar-refractivity contribution in [3.8, 4) is 0 Å². The summed E-state index contributed by atoms with van der Waals surface area (Å²) in [6.07, 6.45) is 3.42. The molecule has 0 atom stereocenters. The first kappa shape index (κ1) is 12.2. The molecule has 16 heavy (non-hydrogen) atoms. The third kappa shape index (κ3) is 4.59. The Balaban J connectivity index is 2.47. The van der Waals surface area contributed by atoms with E-state index in [2.05, 4.69) is 20.6 Å². The maximum atomic E-state index is 4.08. The van der Waals surface area contributed by atoms with Gasteiger partial charge < -0.3 is 10.6 Å². The van der Waals surface area contributed by atoms with Crippen LogP contribution in [0.1, 0.15) is 13.8 Å². The second-order valence-electron chi connectivity index (χ2n) is 3.12. The zero-order chi connectivity index (χ0) is 11.6. The lowest BCUT2D eigenvalue weighted by atomic mass is 10.3. The van der Waals surface area contributed by atoms with Gasteiger partial charge in [-0.25, -0.2) is 0 Å². The van der Waals surface area contributed by atoms with Crippen molar-refractivity contribution in [2.45, 2.75) is 13.8 Å². The summed E-state index contributed by atoms with van der Waals surface area (Å²) < 4.78 is 0. The van der Waals surface area contributed by atoms with Gasteiger partial charge >= 0.3 is 0 Å². The lowest BCUT2D eigenvalue weighted by Crippen LogP contribution is -1.97. The first-order valence-corrected chi connectivity index (χ1v) is 5.46. The van der Waals surface area contributed by atoms with Crippen molar-refractivity contribution in [2.24, 2.45) is 9.98 Å². The van der Waals surface area contributed by atoms with E-state index in [4.69, 9.17) is 0 Å². The average molecular weight is 218 g/mol. The Labute approximate surface area is 96.5 Å². The van der Waals surface area contributed by atoms with Gasteiger partial charge in [-0.1, -0.05) is 0 Å². The van der Waals surface area contributed by atoms with E-state index in [1.54, 1.807) is 12.7 Å². The maximum Gasteiger partial charge on any atom is 0.0867 e. The Morgan fingerprint density at radius 1 is 0.875 bits per heavy atom. The highest BCUT2D eigenvalue weighted by Gasteiger charge is 1.90. The quantitative estimate of drug-likeness (QED) is 0.569. The monoisotopic (exact) mass is 218 g/mol. The highest BCUT2D eigenvalue weighted by atomic mass is 14.9. The summed E-state index contributed by atoms with van der Waals surface area (Å²) >= 11 is 0. The lowest BCUT2D eigenvalue weighted by Gasteiger charge is -2.02. The second-order valence-corrected chi connectivity index (χ2v) is 3.12. The third-order valence-corrected chi connectivity index (χ3v) is 1.90. The number of nitrogens with zero attached hydrogens (tertiary/aromatic N) is 2. The molecule has 2 N–H and O–H groups in total. The molecule has 86 valence electrons. The summed E-state index contributed by atoms with van der Waals surface area (Å²) in [5, 5.41) is 6.17. The number of hydrogen-bond donors (Lipinski definition) is 2. The summed E-state index contributed by atoms with van der Waals surface area (Å²) in [5.74, 6) is 0. The van der Waals surface area contributed by atoms with E-state index in [1.807, 2.05) is 38.1 Å². The molecule has 0 heterocycles. The van der Waals surface area contributed by atoms with Gasteiger partial charge in [0.25, 0.3) is 0 Å². The van der Waals surface area contributed by atoms with Gasteiger partial charge in [0, 0.05) is 24.5 Å². The highest BCUT2D eigenvalue weighted by Crippen LogP contribution is 2.11. The molecule has 0 radical (unpaired) electrons. The standard InChI is InChI=1S/C12H18N4/c1-3-13-9-15-11-5-7-12(8-6-11)16-10-14-4-2/h5-10H,3-4H2,1-2H3,(H,13,15)(H,14,16). The van der Waals surface area contributed by atoms with E-state index >= 15 is 0 Å². The topological polar surface area (TPSA) is 48.8 Å². The van der Waals surface area contributed by atoms with E-state index in [9.17, 15) is 0 Å². The molecule has 0 spiro atoms. The van der Waals surface area contributed by atoms with Crippen LogP contribution in [0.25, 0.3) is 0 Å². The Morgan fingerprint density at radius 3 is 1.56 bits per heavy atom. The molecule has 0 amide bonds. The average Bonchev–Trinajstić information content (AvgIpc) is 2.32. The van der Waals surface area contributed by atoms with Crippen LogP contribution in [0, 0.1) is 0 Å². The van der Waals surface area contributed by atoms with Gasteiger partial charge in [0.1, 0.15) is 0 Å². The van der Waals surface area contributed by atoms with Gasteiger partial charge in [0.05, 0.1) is 12.7 Å². The Bertz CT molecular complexity index is 306. The molecule has 0 fully saturated rings. The molecule has 0 aliphatic rings. The van der Waals surface area contributed by atoms with Gasteiger partial charge in [0.15, 0.2) is 0 Å². The van der Waals surface area contributed by atoms with E-state index in [0.29, 0.717) is 0 Å². The van der Waals surface area contributed by atoms with E-state index in [0.717, 1.165) is 24.5 Å². The highest BCUT2D eigenvalue weighted by molar-refractivity contribution is 5.79. The van der Waals surface area contributed by atoms with E-state index in [-0.39, 0.29) is 0 Å². The van der Waals surface area contributed by atoms with E-state index < -0.39 is 0 Å². The molecule has 0 saturated carbocycles. The molecule has 0 aliphatic carbocycles. The lowest BCUT2D eigenvalue weighted by molar-refractivity contribution is 1.14. The molecule has 4 heteroatoms. The summed E-state index contributed by atoms with van der Waals surface area (Å²) in [6.45, 7) is 5.58. The van der Waals surface area contributed by atoms with Crippen molar-refractivity contribution in [3.05, 3.63) is 24.3 Å². The fraction of sp³-hybridized carbons (Fsp3) is 0.333. The Hall–Kier alpha value is -1.84. The van der Waals surface area contributed by atoms with Crippen LogP contribution in [0.15, 0.2) is 34.3 Å². The number of rotatable bonds is 6. The fourth-order valence-corrected chi connectivity index (χ4v) is 1.09. The SMILES string of the molecule is CCN=CNc1ccc(NC=NCC)cc1. The molecule has 0 bridgehead atoms. The zero-order valence-corrected chi connectivity index (χ0v) is 9.77. The van der Waals surface area contributed by atoms with Crippen molar-refractivity contribution in [2.75, 3.05) is 23.7 Å². The fourth-order valence-electron chi connectivity index (χ4n) is 1.09. The van der Waals surface area contributed by atoms with Crippen LogP contribution in [0.2, 0.25) is 0 Å². The van der Waals surface area contributed by atoms with Crippen molar-refractivity contribution in [3.63, 3.8) is 0 Å². The minimum atomic E-state index is 0.792. The molecule has 4 nitrogen and oxygen atoms in total. The predicted octanol–water partition coefficient (Wildman–Crippen LogP) is 2.61. The van der Waals surface area contributed by atoms with E-state index in [1.165, 1.54) is 0 Å². The molecule has 1 aromatic carbocycles. The van der Waals surface area contributed by atoms with Crippen LogP contribution < -0.4 is 10.6 Å². The Morgan fingerprint density at radius 2 is 1.25 bits per heavy atom. The predicted molar refractivity (Wildman–Crippen MR) is 71.8 cm³/mol. The van der Waals surface area contributed by atoms with Crippen molar-refractivity contribution in [1.82, 2.24) is 0 Å². The Kier molecular flexibility index (Phi) is 5.70. The summed E-state index contributed by atoms with van der Waals surface area (Å²) in [7, 11) is 0. The van der Waals surface area contributed by atoms with Crippen LogP contribution in [-0.4, -0.2) is 25.8 Å². The smallest absolute Gasteiger partial charge is 0.0867 e. The number of hydrogen-bond acceptors (Lipinski definition) is 2. The number of benzene rings is 1. The molecule has 0 aromatic heterocycles. The summed E-state index contributed by atoms with van der Waals surface area (Å²) in [4.78, 5) is 8.15. The molecule has 1 aromatic rings. The van der Waals surface area contributed by atoms with Crippen molar-refractivity contribution in [1.29, 1.82) is 0 Å². The summed E-state index contributed by atoms with van der Waals surface area (Å²) in [5.41, 5.74) is 2.05. The molecule has 0 aliphatic heterocycles. The first-order chi connectivity index (χ1) is 7.86. The molecular formula is C12H18N4. The van der Waals surface area contributed by atoms with Gasteiger partial charge in [-0.15, -0.1) is 0 Å². The molecule has 1 rings (SSSR count). The van der Waals surface area contributed by atoms with Crippen LogP contribution in [0.5, 0.6) is 0 Å². The molecular weight excluding hydrogens is 200 g/mol. The van der Waals surface area contributed by atoms with Crippen molar-refractivity contribution >= 4 is 24.1 Å². The maximum absolute atomic E-state index is 4.08. The summed E-state index contributed by atoms with van der Waals surface area (Å²) in [6, 6.07) is 7.96. The van der Waals surface area contributed by atoms with Gasteiger partial charge in [-0.3, -0.25) is 9.98 Å². The van der Waals surface area contributed by atoms with Crippen LogP contribution in [-0.2, 0) is 0 Å². The minimum Gasteiger partial charge on any atom is -0.347 e. The second kappa shape index (κ2) is 7.45. The third-order valence-electron chi connectivity index (χ3n) is 1.90. The van der Waals surface area contributed by atoms with Gasteiger partial charge in [-0.05, 0) is 38.1 Å².